The predicted molar refractivity (Wildman–Crippen MR) is 119 cm³/mol. The van der Waals surface area contributed by atoms with E-state index in [9.17, 15) is 4.79 Å². The molecule has 0 aliphatic heterocycles. The van der Waals surface area contributed by atoms with E-state index >= 15 is 0 Å². The number of carbonyl (C=O) groups excluding carboxylic acids is 1. The molecule has 6 nitrogen and oxygen atoms in total. The van der Waals surface area contributed by atoms with Crippen LogP contribution in [0.25, 0.3) is 11.0 Å². The van der Waals surface area contributed by atoms with Gasteiger partial charge in [0.2, 0.25) is 5.91 Å². The molecule has 2 heterocycles. The van der Waals surface area contributed by atoms with Crippen LogP contribution in [0.1, 0.15) is 28.8 Å². The van der Waals surface area contributed by atoms with Gasteiger partial charge >= 0.3 is 0 Å². The number of nitrogens with zero attached hydrogens (tertiary/aromatic N) is 4. The summed E-state index contributed by atoms with van der Waals surface area (Å²) in [7, 11) is 1.98. The Bertz CT molecular complexity index is 1170. The van der Waals surface area contributed by atoms with E-state index in [2.05, 4.69) is 15.3 Å². The Morgan fingerprint density at radius 2 is 1.67 bits per heavy atom. The predicted octanol–water partition coefficient (Wildman–Crippen LogP) is 3.98. The van der Waals surface area contributed by atoms with Gasteiger partial charge in [0.25, 0.3) is 0 Å². The Labute approximate surface area is 179 Å². The number of imidazole rings is 1. The number of para-hydroxylation sites is 2. The zero-order chi connectivity index (χ0) is 21.1. The van der Waals surface area contributed by atoms with Gasteiger partial charge in [-0.25, -0.2) is 15.0 Å². The summed E-state index contributed by atoms with van der Waals surface area (Å²) in [6, 6.07) is 19.4. The van der Waals surface area contributed by atoms with Crippen LogP contribution in [0.3, 0.4) is 0 Å². The number of hydrogen-bond acceptors (Lipinski definition) is 5. The van der Waals surface area contributed by atoms with Gasteiger partial charge < -0.3 is 9.88 Å². The summed E-state index contributed by atoms with van der Waals surface area (Å²) in [6.45, 7) is 3.85. The van der Waals surface area contributed by atoms with E-state index in [0.717, 1.165) is 33.8 Å². The van der Waals surface area contributed by atoms with Crippen molar-refractivity contribution < 1.29 is 4.79 Å². The lowest BCUT2D eigenvalue weighted by Crippen LogP contribution is -2.32. The van der Waals surface area contributed by atoms with Crippen molar-refractivity contribution in [1.82, 2.24) is 24.8 Å². The number of aryl methyl sites for hydroxylation is 3. The summed E-state index contributed by atoms with van der Waals surface area (Å²) in [5.41, 5.74) is 4.71. The van der Waals surface area contributed by atoms with Crippen LogP contribution in [0.15, 0.2) is 65.8 Å². The fraction of sp³-hybridized carbons (Fsp3) is 0.217. The number of hydrogen-bond donors (Lipinski definition) is 1. The molecule has 152 valence electrons. The van der Waals surface area contributed by atoms with Crippen LogP contribution in [0.4, 0.5) is 0 Å². The van der Waals surface area contributed by atoms with Gasteiger partial charge in [-0.3, -0.25) is 4.79 Å². The van der Waals surface area contributed by atoms with E-state index in [1.165, 1.54) is 11.8 Å². The highest BCUT2D eigenvalue weighted by atomic mass is 32.2. The minimum atomic E-state index is -0.350. The highest BCUT2D eigenvalue weighted by molar-refractivity contribution is 7.99. The van der Waals surface area contributed by atoms with Crippen LogP contribution < -0.4 is 5.32 Å². The molecular formula is C23H23N5OS. The molecular weight excluding hydrogens is 394 g/mol. The van der Waals surface area contributed by atoms with Crippen molar-refractivity contribution in [2.45, 2.75) is 25.0 Å². The largest absolute Gasteiger partial charge is 0.341 e. The van der Waals surface area contributed by atoms with E-state index in [0.29, 0.717) is 5.16 Å². The average Bonchev–Trinajstić information content (AvgIpc) is 3.07. The van der Waals surface area contributed by atoms with Crippen LogP contribution in [0.2, 0.25) is 0 Å². The van der Waals surface area contributed by atoms with Crippen molar-refractivity contribution >= 4 is 28.7 Å². The Kier molecular flexibility index (Phi) is 5.81. The molecule has 0 fully saturated rings. The summed E-state index contributed by atoms with van der Waals surface area (Å²) in [5, 5.41) is 3.76. The number of fused-ring (bicyclic) bond motifs is 1. The summed E-state index contributed by atoms with van der Waals surface area (Å²) in [4.78, 5) is 26.4. The standard InChI is InChI=1S/C23H23N5OS/c1-15-13-16(2)25-23(24-15)30-14-20(29)27-21(17-9-5-4-6-10-17)22-26-18-11-7-8-12-19(18)28(22)3/h4-13,21H,14H2,1-3H3,(H,27,29)/t21-/m1/s1. The van der Waals surface area contributed by atoms with Crippen molar-refractivity contribution in [2.75, 3.05) is 5.75 Å². The topological polar surface area (TPSA) is 72.7 Å². The van der Waals surface area contributed by atoms with Gasteiger partial charge in [0.15, 0.2) is 5.16 Å². The second-order valence-corrected chi connectivity index (χ2v) is 8.09. The van der Waals surface area contributed by atoms with E-state index in [1.54, 1.807) is 0 Å². The van der Waals surface area contributed by atoms with E-state index in [1.807, 2.05) is 86.1 Å². The number of carbonyl (C=O) groups is 1. The quantitative estimate of drug-likeness (QED) is 0.379. The fourth-order valence-corrected chi connectivity index (χ4v) is 4.22. The zero-order valence-electron chi connectivity index (χ0n) is 17.2. The lowest BCUT2D eigenvalue weighted by atomic mass is 10.1. The average molecular weight is 418 g/mol. The fourth-order valence-electron chi connectivity index (χ4n) is 3.46. The third-order valence-electron chi connectivity index (χ3n) is 4.81. The highest BCUT2D eigenvalue weighted by Gasteiger charge is 2.22. The van der Waals surface area contributed by atoms with Crippen molar-refractivity contribution in [1.29, 1.82) is 0 Å². The van der Waals surface area contributed by atoms with Gasteiger partial charge in [-0.05, 0) is 37.6 Å². The summed E-state index contributed by atoms with van der Waals surface area (Å²) < 4.78 is 2.04. The maximum absolute atomic E-state index is 12.8. The first kappa shape index (κ1) is 20.1. The van der Waals surface area contributed by atoms with Crippen LogP contribution in [-0.4, -0.2) is 31.2 Å². The molecule has 1 amide bonds. The number of rotatable bonds is 6. The van der Waals surface area contributed by atoms with Crippen molar-refractivity contribution in [3.05, 3.63) is 83.4 Å². The van der Waals surface area contributed by atoms with Gasteiger partial charge in [-0.1, -0.05) is 54.2 Å². The number of nitrogens with one attached hydrogen (secondary N) is 1. The third kappa shape index (κ3) is 4.36. The summed E-state index contributed by atoms with van der Waals surface area (Å²) in [6.07, 6.45) is 0. The molecule has 1 N–H and O–H groups in total. The van der Waals surface area contributed by atoms with Crippen molar-refractivity contribution in [3.63, 3.8) is 0 Å². The smallest absolute Gasteiger partial charge is 0.231 e. The molecule has 4 rings (SSSR count). The number of benzene rings is 2. The molecule has 0 saturated heterocycles. The minimum Gasteiger partial charge on any atom is -0.341 e. The number of thioether (sulfide) groups is 1. The van der Waals surface area contributed by atoms with Crippen molar-refractivity contribution in [3.8, 4) is 0 Å². The molecule has 4 aromatic rings. The Morgan fingerprint density at radius 3 is 2.37 bits per heavy atom. The maximum Gasteiger partial charge on any atom is 0.231 e. The number of aromatic nitrogens is 4. The lowest BCUT2D eigenvalue weighted by Gasteiger charge is -2.19. The second kappa shape index (κ2) is 8.67. The first-order valence-electron chi connectivity index (χ1n) is 9.72. The normalized spacial score (nSPS) is 12.1. The molecule has 1 atom stereocenters. The third-order valence-corrected chi connectivity index (χ3v) is 5.66. The summed E-state index contributed by atoms with van der Waals surface area (Å²) >= 11 is 1.34. The Morgan fingerprint density at radius 1 is 1.00 bits per heavy atom. The maximum atomic E-state index is 12.8. The van der Waals surface area contributed by atoms with Gasteiger partial charge in [0.1, 0.15) is 11.9 Å². The van der Waals surface area contributed by atoms with Crippen LogP contribution >= 0.6 is 11.8 Å². The Hall–Kier alpha value is -3.19. The van der Waals surface area contributed by atoms with Gasteiger partial charge in [-0.15, -0.1) is 0 Å². The Balaban J connectivity index is 1.59. The zero-order valence-corrected chi connectivity index (χ0v) is 18.0. The first-order chi connectivity index (χ1) is 14.5. The first-order valence-corrected chi connectivity index (χ1v) is 10.7. The highest BCUT2D eigenvalue weighted by Crippen LogP contribution is 2.25. The molecule has 2 aromatic carbocycles. The summed E-state index contributed by atoms with van der Waals surface area (Å²) in [5.74, 6) is 0.933. The molecule has 0 bridgehead atoms. The second-order valence-electron chi connectivity index (χ2n) is 7.15. The molecule has 0 aliphatic carbocycles. The molecule has 0 unspecified atom stereocenters. The van der Waals surface area contributed by atoms with Crippen LogP contribution in [-0.2, 0) is 11.8 Å². The SMILES string of the molecule is Cc1cc(C)nc(SCC(=O)N[C@H](c2ccccc2)c2nc3ccccc3n2C)n1. The molecule has 0 aliphatic rings. The minimum absolute atomic E-state index is 0.0938. The van der Waals surface area contributed by atoms with Crippen LogP contribution in [0, 0.1) is 13.8 Å². The monoisotopic (exact) mass is 417 g/mol. The van der Waals surface area contributed by atoms with E-state index < -0.39 is 0 Å². The van der Waals surface area contributed by atoms with Crippen molar-refractivity contribution in [2.24, 2.45) is 7.05 Å². The lowest BCUT2D eigenvalue weighted by molar-refractivity contribution is -0.119. The van der Waals surface area contributed by atoms with E-state index in [-0.39, 0.29) is 17.7 Å². The molecule has 2 aromatic heterocycles. The van der Waals surface area contributed by atoms with E-state index in [4.69, 9.17) is 4.98 Å². The van der Waals surface area contributed by atoms with Gasteiger partial charge in [0.05, 0.1) is 16.8 Å². The molecule has 0 spiro atoms. The molecule has 7 heteroatoms. The molecule has 0 radical (unpaired) electrons. The molecule has 30 heavy (non-hydrogen) atoms. The molecule has 0 saturated carbocycles. The van der Waals surface area contributed by atoms with Gasteiger partial charge in [0, 0.05) is 18.4 Å². The van der Waals surface area contributed by atoms with Crippen LogP contribution in [0.5, 0.6) is 0 Å². The number of amides is 1. The van der Waals surface area contributed by atoms with Gasteiger partial charge in [-0.2, -0.15) is 0 Å².